The minimum atomic E-state index is -0.405. The van der Waals surface area contributed by atoms with Crippen molar-refractivity contribution in [3.63, 3.8) is 0 Å². The van der Waals surface area contributed by atoms with Gasteiger partial charge in [0.2, 0.25) is 11.8 Å². The lowest BCUT2D eigenvalue weighted by Crippen LogP contribution is -2.42. The monoisotopic (exact) mass is 375 g/mol. The van der Waals surface area contributed by atoms with Gasteiger partial charge in [-0.05, 0) is 34.0 Å². The van der Waals surface area contributed by atoms with Gasteiger partial charge in [-0.25, -0.2) is 0 Å². The molecule has 0 fully saturated rings. The third-order valence-corrected chi connectivity index (χ3v) is 4.30. The van der Waals surface area contributed by atoms with Crippen LogP contribution in [0.2, 0.25) is 0 Å². The molecular formula is C22H21N3O3. The van der Waals surface area contributed by atoms with Gasteiger partial charge in [-0.2, -0.15) is 0 Å². The van der Waals surface area contributed by atoms with E-state index in [1.54, 1.807) is 24.3 Å². The second-order valence-corrected chi connectivity index (χ2v) is 6.42. The first-order valence-corrected chi connectivity index (χ1v) is 8.92. The van der Waals surface area contributed by atoms with Crippen LogP contribution in [0, 0.1) is 0 Å². The zero-order valence-corrected chi connectivity index (χ0v) is 15.5. The summed E-state index contributed by atoms with van der Waals surface area (Å²) in [6.45, 7) is 1.85. The van der Waals surface area contributed by atoms with Crippen LogP contribution in [0.3, 0.4) is 0 Å². The van der Waals surface area contributed by atoms with Gasteiger partial charge in [-0.1, -0.05) is 54.6 Å². The van der Waals surface area contributed by atoms with Crippen LogP contribution in [-0.2, 0) is 22.6 Å². The first-order valence-electron chi connectivity index (χ1n) is 8.92. The van der Waals surface area contributed by atoms with Crippen molar-refractivity contribution in [1.82, 2.24) is 16.2 Å². The Morgan fingerprint density at radius 2 is 1.54 bits per heavy atom. The molecule has 0 radical (unpaired) electrons. The fourth-order valence-corrected chi connectivity index (χ4v) is 2.86. The number of benzene rings is 3. The zero-order chi connectivity index (χ0) is 19.9. The van der Waals surface area contributed by atoms with Crippen molar-refractivity contribution < 1.29 is 14.4 Å². The van der Waals surface area contributed by atoms with Crippen LogP contribution >= 0.6 is 0 Å². The maximum Gasteiger partial charge on any atom is 0.269 e. The van der Waals surface area contributed by atoms with E-state index in [4.69, 9.17) is 0 Å². The fraction of sp³-hybridized carbons (Fsp3) is 0.136. The SMILES string of the molecule is CC(=O)NCc1ccc(C(=O)NNC(=O)Cc2cccc3ccccc23)cc1. The Kier molecular flexibility index (Phi) is 6.01. The number of rotatable bonds is 5. The molecule has 0 unspecified atom stereocenters. The standard InChI is InChI=1S/C22H21N3O3/c1-15(26)23-14-16-9-11-18(12-10-16)22(28)25-24-21(27)13-19-7-4-6-17-5-2-3-8-20(17)19/h2-12H,13-14H2,1H3,(H,23,26)(H,24,27)(H,25,28). The second-order valence-electron chi connectivity index (χ2n) is 6.42. The highest BCUT2D eigenvalue weighted by atomic mass is 16.2. The van der Waals surface area contributed by atoms with E-state index in [2.05, 4.69) is 16.2 Å². The molecule has 0 bridgehead atoms. The highest BCUT2D eigenvalue weighted by molar-refractivity contribution is 5.96. The molecule has 0 atom stereocenters. The molecule has 3 amide bonds. The van der Waals surface area contributed by atoms with E-state index in [-0.39, 0.29) is 18.2 Å². The van der Waals surface area contributed by atoms with Crippen molar-refractivity contribution in [2.45, 2.75) is 19.9 Å². The highest BCUT2D eigenvalue weighted by Crippen LogP contribution is 2.18. The Bertz CT molecular complexity index is 1010. The van der Waals surface area contributed by atoms with Gasteiger partial charge in [0.15, 0.2) is 0 Å². The number of hydrogen-bond donors (Lipinski definition) is 3. The molecule has 0 heterocycles. The molecule has 0 saturated carbocycles. The molecule has 28 heavy (non-hydrogen) atoms. The first kappa shape index (κ1) is 19.1. The Labute approximate surface area is 162 Å². The zero-order valence-electron chi connectivity index (χ0n) is 15.5. The highest BCUT2D eigenvalue weighted by Gasteiger charge is 2.10. The number of amides is 3. The normalized spacial score (nSPS) is 10.3. The summed E-state index contributed by atoms with van der Waals surface area (Å²) in [5, 5.41) is 4.77. The lowest BCUT2D eigenvalue weighted by Gasteiger charge is -2.10. The van der Waals surface area contributed by atoms with Crippen LogP contribution in [-0.4, -0.2) is 17.7 Å². The van der Waals surface area contributed by atoms with Gasteiger partial charge in [0.05, 0.1) is 6.42 Å². The number of hydrazine groups is 1. The van der Waals surface area contributed by atoms with Gasteiger partial charge in [0, 0.05) is 19.0 Å². The van der Waals surface area contributed by atoms with Crippen LogP contribution in [0.1, 0.15) is 28.4 Å². The summed E-state index contributed by atoms with van der Waals surface area (Å²) in [5.41, 5.74) is 7.07. The van der Waals surface area contributed by atoms with Crippen molar-refractivity contribution >= 4 is 28.5 Å². The van der Waals surface area contributed by atoms with Crippen molar-refractivity contribution in [3.8, 4) is 0 Å². The Balaban J connectivity index is 1.55. The van der Waals surface area contributed by atoms with E-state index in [1.807, 2.05) is 42.5 Å². The molecule has 142 valence electrons. The molecule has 0 aliphatic carbocycles. The van der Waals surface area contributed by atoms with Gasteiger partial charge in [-0.3, -0.25) is 25.2 Å². The largest absolute Gasteiger partial charge is 0.352 e. The molecule has 6 heteroatoms. The van der Waals surface area contributed by atoms with Crippen molar-refractivity contribution in [3.05, 3.63) is 83.4 Å². The third-order valence-electron chi connectivity index (χ3n) is 4.30. The van der Waals surface area contributed by atoms with Crippen molar-refractivity contribution in [2.75, 3.05) is 0 Å². The predicted molar refractivity (Wildman–Crippen MR) is 107 cm³/mol. The van der Waals surface area contributed by atoms with Crippen LogP contribution in [0.25, 0.3) is 10.8 Å². The lowest BCUT2D eigenvalue weighted by atomic mass is 10.0. The minimum absolute atomic E-state index is 0.115. The van der Waals surface area contributed by atoms with Gasteiger partial charge < -0.3 is 5.32 Å². The summed E-state index contributed by atoms with van der Waals surface area (Å²) < 4.78 is 0. The average molecular weight is 375 g/mol. The molecule has 6 nitrogen and oxygen atoms in total. The Hall–Kier alpha value is -3.67. The molecule has 3 N–H and O–H groups in total. The molecule has 0 saturated heterocycles. The van der Waals surface area contributed by atoms with E-state index in [9.17, 15) is 14.4 Å². The summed E-state index contributed by atoms with van der Waals surface area (Å²) in [5.74, 6) is -0.819. The molecule has 0 spiro atoms. The Morgan fingerprint density at radius 1 is 0.821 bits per heavy atom. The fourth-order valence-electron chi connectivity index (χ4n) is 2.86. The second kappa shape index (κ2) is 8.81. The third kappa shape index (κ3) is 4.94. The summed E-state index contributed by atoms with van der Waals surface area (Å²) >= 11 is 0. The molecule has 3 aromatic rings. The molecule has 3 rings (SSSR count). The minimum Gasteiger partial charge on any atom is -0.352 e. The van der Waals surface area contributed by atoms with E-state index in [0.717, 1.165) is 21.9 Å². The maximum atomic E-state index is 12.2. The molecule has 0 aromatic heterocycles. The lowest BCUT2D eigenvalue weighted by molar-refractivity contribution is -0.121. The first-order chi connectivity index (χ1) is 13.5. The summed E-state index contributed by atoms with van der Waals surface area (Å²) in [6.07, 6.45) is 0.164. The van der Waals surface area contributed by atoms with E-state index >= 15 is 0 Å². The summed E-state index contributed by atoms with van der Waals surface area (Å²) in [7, 11) is 0. The number of carbonyl (C=O) groups is 3. The smallest absolute Gasteiger partial charge is 0.269 e. The van der Waals surface area contributed by atoms with Gasteiger partial charge in [0.1, 0.15) is 0 Å². The average Bonchev–Trinajstić information content (AvgIpc) is 2.71. The number of fused-ring (bicyclic) bond motifs is 1. The predicted octanol–water partition coefficient (Wildman–Crippen LogP) is 2.48. The molecular weight excluding hydrogens is 354 g/mol. The number of carbonyl (C=O) groups excluding carboxylic acids is 3. The quantitative estimate of drug-likeness (QED) is 0.599. The van der Waals surface area contributed by atoms with Crippen molar-refractivity contribution in [1.29, 1.82) is 0 Å². The Morgan fingerprint density at radius 3 is 2.29 bits per heavy atom. The van der Waals surface area contributed by atoms with Crippen LogP contribution in [0.15, 0.2) is 66.7 Å². The van der Waals surface area contributed by atoms with Crippen LogP contribution in [0.5, 0.6) is 0 Å². The number of hydrogen-bond acceptors (Lipinski definition) is 3. The number of nitrogens with one attached hydrogen (secondary N) is 3. The van der Waals surface area contributed by atoms with Gasteiger partial charge in [0.25, 0.3) is 5.91 Å². The van der Waals surface area contributed by atoms with Crippen LogP contribution < -0.4 is 16.2 Å². The van der Waals surface area contributed by atoms with E-state index in [0.29, 0.717) is 12.1 Å². The van der Waals surface area contributed by atoms with Crippen LogP contribution in [0.4, 0.5) is 0 Å². The summed E-state index contributed by atoms with van der Waals surface area (Å²) in [6, 6.07) is 20.4. The van der Waals surface area contributed by atoms with E-state index in [1.165, 1.54) is 6.92 Å². The topological polar surface area (TPSA) is 87.3 Å². The van der Waals surface area contributed by atoms with Gasteiger partial charge >= 0.3 is 0 Å². The maximum absolute atomic E-state index is 12.2. The summed E-state index contributed by atoms with van der Waals surface area (Å²) in [4.78, 5) is 35.4. The molecule has 0 aliphatic heterocycles. The van der Waals surface area contributed by atoms with Crippen molar-refractivity contribution in [2.24, 2.45) is 0 Å². The van der Waals surface area contributed by atoms with E-state index < -0.39 is 5.91 Å². The molecule has 0 aliphatic rings. The van der Waals surface area contributed by atoms with Gasteiger partial charge in [-0.15, -0.1) is 0 Å². The molecule has 3 aromatic carbocycles.